The first kappa shape index (κ1) is 24.0. The molecule has 0 fully saturated rings. The lowest BCUT2D eigenvalue weighted by Gasteiger charge is -2.27. The molecule has 8 heteroatoms. The lowest BCUT2D eigenvalue weighted by atomic mass is 9.86. The van der Waals surface area contributed by atoms with Gasteiger partial charge in [-0.05, 0) is 47.0 Å². The van der Waals surface area contributed by atoms with Gasteiger partial charge >= 0.3 is 12.1 Å². The molecule has 168 valence electrons. The van der Waals surface area contributed by atoms with Crippen molar-refractivity contribution >= 4 is 34.9 Å². The van der Waals surface area contributed by atoms with E-state index in [4.69, 9.17) is 23.2 Å². The highest BCUT2D eigenvalue weighted by Crippen LogP contribution is 2.38. The van der Waals surface area contributed by atoms with Crippen molar-refractivity contribution in [3.63, 3.8) is 0 Å². The molecule has 0 aliphatic heterocycles. The number of carboxylic acid groups (broad SMARTS) is 1. The minimum atomic E-state index is -4.39. The average Bonchev–Trinajstić information content (AvgIpc) is 2.75. The van der Waals surface area contributed by atoms with Crippen molar-refractivity contribution in [3.8, 4) is 11.1 Å². The number of alkyl halides is 3. The largest absolute Gasteiger partial charge is 0.478 e. The van der Waals surface area contributed by atoms with E-state index < -0.39 is 24.0 Å². The molecule has 0 amide bonds. The Morgan fingerprint density at radius 2 is 1.69 bits per heavy atom. The van der Waals surface area contributed by atoms with Crippen LogP contribution in [0.4, 0.5) is 18.9 Å². The van der Waals surface area contributed by atoms with Crippen LogP contribution in [-0.4, -0.2) is 23.8 Å². The van der Waals surface area contributed by atoms with Crippen molar-refractivity contribution in [1.82, 2.24) is 0 Å². The monoisotopic (exact) mass is 481 g/mol. The van der Waals surface area contributed by atoms with Gasteiger partial charge in [0.2, 0.25) is 0 Å². The van der Waals surface area contributed by atoms with Crippen LogP contribution in [0.15, 0.2) is 66.7 Å². The first-order valence-electron chi connectivity index (χ1n) is 9.76. The van der Waals surface area contributed by atoms with Crippen molar-refractivity contribution in [2.75, 3.05) is 11.9 Å². The van der Waals surface area contributed by atoms with Crippen LogP contribution in [0.5, 0.6) is 0 Å². The number of benzene rings is 3. The second kappa shape index (κ2) is 9.84. The molecule has 0 spiro atoms. The molecule has 2 N–H and O–H groups in total. The third kappa shape index (κ3) is 5.56. The van der Waals surface area contributed by atoms with Gasteiger partial charge in [0, 0.05) is 17.5 Å². The Hall–Kier alpha value is -2.70. The van der Waals surface area contributed by atoms with Gasteiger partial charge in [0.15, 0.2) is 0 Å². The highest BCUT2D eigenvalue weighted by molar-refractivity contribution is 6.33. The Morgan fingerprint density at radius 1 is 1.03 bits per heavy atom. The molecular formula is C24H20Cl2F3NO2. The fraction of sp³-hybridized carbons (Fsp3) is 0.208. The van der Waals surface area contributed by atoms with Crippen LogP contribution in [0.3, 0.4) is 0 Å². The Morgan fingerprint density at radius 3 is 2.31 bits per heavy atom. The molecule has 2 atom stereocenters. The quantitative estimate of drug-likeness (QED) is 0.362. The zero-order valence-corrected chi connectivity index (χ0v) is 18.5. The standard InChI is InChI=1S/C24H20Cl2F3NO2/c1-14(24(27,28)29)20(15-6-9-17(25)10-7-15)13-30-22-12-16(8-11-21(22)26)18-4-2-3-5-19(18)23(31)32/h2-12,14,20,30H,13H2,1H3,(H,31,32)/t14-,20+/m1/s1. The van der Waals surface area contributed by atoms with Crippen molar-refractivity contribution < 1.29 is 23.1 Å². The van der Waals surface area contributed by atoms with Crippen LogP contribution in [0, 0.1) is 5.92 Å². The van der Waals surface area contributed by atoms with Gasteiger partial charge in [-0.3, -0.25) is 0 Å². The number of anilines is 1. The first-order valence-corrected chi connectivity index (χ1v) is 10.5. The molecule has 3 rings (SSSR count). The molecule has 0 aromatic heterocycles. The molecule has 0 aliphatic carbocycles. The zero-order valence-electron chi connectivity index (χ0n) is 17.0. The molecule has 0 unspecified atom stereocenters. The maximum absolute atomic E-state index is 13.5. The minimum absolute atomic E-state index is 0.0357. The minimum Gasteiger partial charge on any atom is -0.478 e. The fourth-order valence-electron chi connectivity index (χ4n) is 3.49. The van der Waals surface area contributed by atoms with Gasteiger partial charge in [-0.25, -0.2) is 4.79 Å². The van der Waals surface area contributed by atoms with Crippen molar-refractivity contribution in [1.29, 1.82) is 0 Å². The van der Waals surface area contributed by atoms with Crippen LogP contribution in [0.25, 0.3) is 11.1 Å². The molecule has 32 heavy (non-hydrogen) atoms. The Kier molecular flexibility index (Phi) is 7.36. The Balaban J connectivity index is 1.92. The summed E-state index contributed by atoms with van der Waals surface area (Å²) in [7, 11) is 0. The van der Waals surface area contributed by atoms with Gasteiger partial charge in [-0.15, -0.1) is 0 Å². The van der Waals surface area contributed by atoms with Crippen LogP contribution >= 0.6 is 23.2 Å². The number of carboxylic acids is 1. The van der Waals surface area contributed by atoms with Crippen LogP contribution in [0.2, 0.25) is 10.0 Å². The van der Waals surface area contributed by atoms with Crippen molar-refractivity contribution in [2.45, 2.75) is 19.0 Å². The lowest BCUT2D eigenvalue weighted by molar-refractivity contribution is -0.174. The summed E-state index contributed by atoms with van der Waals surface area (Å²) in [5, 5.41) is 13.2. The van der Waals surface area contributed by atoms with E-state index in [0.717, 1.165) is 6.92 Å². The SMILES string of the molecule is C[C@H]([C@H](CNc1cc(-c2ccccc2C(=O)O)ccc1Cl)c1ccc(Cl)cc1)C(F)(F)F. The summed E-state index contributed by atoms with van der Waals surface area (Å²) < 4.78 is 40.6. The molecule has 0 radical (unpaired) electrons. The molecule has 0 saturated heterocycles. The second-order valence-electron chi connectivity index (χ2n) is 7.41. The average molecular weight is 482 g/mol. The van der Waals surface area contributed by atoms with E-state index in [0.29, 0.717) is 32.4 Å². The van der Waals surface area contributed by atoms with E-state index in [-0.39, 0.29) is 12.1 Å². The molecule has 3 aromatic rings. The number of nitrogens with one attached hydrogen (secondary N) is 1. The van der Waals surface area contributed by atoms with Gasteiger partial charge in [-0.1, -0.05) is 66.5 Å². The number of carbonyl (C=O) groups is 1. The molecular weight excluding hydrogens is 462 g/mol. The van der Waals surface area contributed by atoms with Crippen LogP contribution in [0.1, 0.15) is 28.8 Å². The summed E-state index contributed by atoms with van der Waals surface area (Å²) >= 11 is 12.2. The lowest BCUT2D eigenvalue weighted by Crippen LogP contribution is -2.30. The first-order chi connectivity index (χ1) is 15.1. The number of rotatable bonds is 7. The molecule has 0 heterocycles. The van der Waals surface area contributed by atoms with E-state index in [1.807, 2.05) is 0 Å². The predicted molar refractivity (Wildman–Crippen MR) is 122 cm³/mol. The molecule has 0 saturated carbocycles. The molecule has 3 aromatic carbocycles. The van der Waals surface area contributed by atoms with Gasteiger partial charge in [0.1, 0.15) is 0 Å². The van der Waals surface area contributed by atoms with E-state index in [2.05, 4.69) is 5.32 Å². The van der Waals surface area contributed by atoms with Crippen LogP contribution in [-0.2, 0) is 0 Å². The maximum atomic E-state index is 13.5. The maximum Gasteiger partial charge on any atom is 0.392 e. The smallest absolute Gasteiger partial charge is 0.392 e. The summed E-state index contributed by atoms with van der Waals surface area (Å²) in [5.74, 6) is -3.59. The summed E-state index contributed by atoms with van der Waals surface area (Å²) in [6, 6.07) is 17.7. The number of aromatic carboxylic acids is 1. The topological polar surface area (TPSA) is 49.3 Å². The molecule has 3 nitrogen and oxygen atoms in total. The van der Waals surface area contributed by atoms with Gasteiger partial charge in [0.25, 0.3) is 0 Å². The Bertz CT molecular complexity index is 1100. The summed E-state index contributed by atoms with van der Waals surface area (Å²) in [4.78, 5) is 11.6. The van der Waals surface area contributed by atoms with E-state index in [1.165, 1.54) is 6.07 Å². The highest BCUT2D eigenvalue weighted by atomic mass is 35.5. The van der Waals surface area contributed by atoms with Crippen molar-refractivity contribution in [2.24, 2.45) is 5.92 Å². The zero-order chi connectivity index (χ0) is 23.5. The van der Waals surface area contributed by atoms with Crippen LogP contribution < -0.4 is 5.32 Å². The Labute approximate surface area is 193 Å². The normalized spacial score (nSPS) is 13.4. The van der Waals surface area contributed by atoms with Gasteiger partial charge < -0.3 is 10.4 Å². The predicted octanol–water partition coefficient (Wildman–Crippen LogP) is 7.75. The molecule has 0 bridgehead atoms. The third-order valence-electron chi connectivity index (χ3n) is 5.37. The van der Waals surface area contributed by atoms with E-state index in [9.17, 15) is 23.1 Å². The fourth-order valence-corrected chi connectivity index (χ4v) is 3.80. The third-order valence-corrected chi connectivity index (χ3v) is 5.95. The van der Waals surface area contributed by atoms with Gasteiger partial charge in [0.05, 0.1) is 22.2 Å². The van der Waals surface area contributed by atoms with E-state index >= 15 is 0 Å². The summed E-state index contributed by atoms with van der Waals surface area (Å²) in [5.41, 5.74) is 2.10. The molecule has 0 aliphatic rings. The van der Waals surface area contributed by atoms with Crippen molar-refractivity contribution in [3.05, 3.63) is 87.9 Å². The van der Waals surface area contributed by atoms with E-state index in [1.54, 1.807) is 60.7 Å². The summed E-state index contributed by atoms with van der Waals surface area (Å²) in [6.07, 6.45) is -4.39. The number of hydrogen-bond acceptors (Lipinski definition) is 2. The second-order valence-corrected chi connectivity index (χ2v) is 8.26. The van der Waals surface area contributed by atoms with Gasteiger partial charge in [-0.2, -0.15) is 13.2 Å². The summed E-state index contributed by atoms with van der Waals surface area (Å²) in [6.45, 7) is 1.11. The number of hydrogen-bond donors (Lipinski definition) is 2. The number of halogens is 5. The highest BCUT2D eigenvalue weighted by Gasteiger charge is 2.41.